The Morgan fingerprint density at radius 1 is 1.50 bits per heavy atom. The Labute approximate surface area is 70.1 Å². The van der Waals surface area contributed by atoms with E-state index in [1.807, 2.05) is 0 Å². The van der Waals surface area contributed by atoms with Gasteiger partial charge in [0.2, 0.25) is 0 Å². The fourth-order valence-corrected chi connectivity index (χ4v) is 0. The molecule has 1 aliphatic rings. The molecule has 0 aromatic heterocycles. The van der Waals surface area contributed by atoms with Crippen molar-refractivity contribution in [3.05, 3.63) is 0 Å². The SMILES string of the molecule is C1CN1.[H-].[K+]. The van der Waals surface area contributed by atoms with E-state index in [1.165, 1.54) is 13.1 Å². The summed E-state index contributed by atoms with van der Waals surface area (Å²) in [6, 6.07) is 0. The minimum atomic E-state index is 0. The van der Waals surface area contributed by atoms with Crippen molar-refractivity contribution in [2.24, 2.45) is 0 Å². The molecule has 20 valence electrons. The molecule has 0 aliphatic carbocycles. The molecule has 0 aromatic rings. The molecule has 4 heavy (non-hydrogen) atoms. The summed E-state index contributed by atoms with van der Waals surface area (Å²) in [5.74, 6) is 0. The van der Waals surface area contributed by atoms with E-state index in [4.69, 9.17) is 0 Å². The van der Waals surface area contributed by atoms with Crippen LogP contribution >= 0.6 is 0 Å². The van der Waals surface area contributed by atoms with Crippen LogP contribution in [0.2, 0.25) is 0 Å². The van der Waals surface area contributed by atoms with Crippen LogP contribution in [0, 0.1) is 0 Å². The second kappa shape index (κ2) is 2.81. The Hall–Kier alpha value is 1.60. The molecule has 1 fully saturated rings. The zero-order valence-corrected chi connectivity index (χ0v) is 6.04. The van der Waals surface area contributed by atoms with Crippen molar-refractivity contribution >= 4 is 0 Å². The van der Waals surface area contributed by atoms with Gasteiger partial charge in [0.1, 0.15) is 0 Å². The summed E-state index contributed by atoms with van der Waals surface area (Å²) >= 11 is 0. The summed E-state index contributed by atoms with van der Waals surface area (Å²) in [5.41, 5.74) is 0. The van der Waals surface area contributed by atoms with Gasteiger partial charge in [0.15, 0.2) is 0 Å². The molecular formula is C2H6KN. The smallest absolute Gasteiger partial charge is 1.00 e. The van der Waals surface area contributed by atoms with Crippen molar-refractivity contribution in [1.29, 1.82) is 0 Å². The molecule has 1 N–H and O–H groups in total. The van der Waals surface area contributed by atoms with Crippen molar-refractivity contribution in [2.45, 2.75) is 0 Å². The monoisotopic (exact) mass is 83.0 g/mol. The van der Waals surface area contributed by atoms with Gasteiger partial charge in [-0.25, -0.2) is 0 Å². The summed E-state index contributed by atoms with van der Waals surface area (Å²) < 4.78 is 0. The summed E-state index contributed by atoms with van der Waals surface area (Å²) in [5, 5.41) is 3.00. The third-order valence-corrected chi connectivity index (χ3v) is 0.250. The van der Waals surface area contributed by atoms with Crippen LogP contribution in [-0.2, 0) is 0 Å². The minimum Gasteiger partial charge on any atom is -1.00 e. The van der Waals surface area contributed by atoms with Gasteiger partial charge >= 0.3 is 51.4 Å². The summed E-state index contributed by atoms with van der Waals surface area (Å²) in [6.45, 7) is 2.50. The Morgan fingerprint density at radius 2 is 1.75 bits per heavy atom. The van der Waals surface area contributed by atoms with E-state index in [9.17, 15) is 0 Å². The molecule has 0 unspecified atom stereocenters. The first-order chi connectivity index (χ1) is 1.50. The molecule has 0 amide bonds. The predicted molar refractivity (Wildman–Crippen MR) is 14.0 cm³/mol. The van der Waals surface area contributed by atoms with E-state index < -0.39 is 0 Å². The minimum absolute atomic E-state index is 0. The first-order valence-electron chi connectivity index (χ1n) is 1.21. The van der Waals surface area contributed by atoms with Gasteiger partial charge in [-0.15, -0.1) is 0 Å². The maximum atomic E-state index is 3.00. The van der Waals surface area contributed by atoms with Gasteiger partial charge in [-0.05, 0) is 0 Å². The van der Waals surface area contributed by atoms with Gasteiger partial charge in [-0.2, -0.15) is 0 Å². The topological polar surface area (TPSA) is 21.9 Å². The van der Waals surface area contributed by atoms with Gasteiger partial charge < -0.3 is 6.74 Å². The first-order valence-corrected chi connectivity index (χ1v) is 1.21. The van der Waals surface area contributed by atoms with Crippen LogP contribution < -0.4 is 56.7 Å². The Balaban J connectivity index is 0. The summed E-state index contributed by atoms with van der Waals surface area (Å²) in [7, 11) is 0. The Kier molecular flexibility index (Phi) is 3.94. The van der Waals surface area contributed by atoms with Crippen molar-refractivity contribution in [3.8, 4) is 0 Å². The second-order valence-corrected chi connectivity index (χ2v) is 0.750. The third kappa shape index (κ3) is 3.60. The van der Waals surface area contributed by atoms with Crippen LogP contribution in [0.5, 0.6) is 0 Å². The molecular weight excluding hydrogens is 77.1 g/mol. The molecule has 1 saturated heterocycles. The zero-order chi connectivity index (χ0) is 2.12. The van der Waals surface area contributed by atoms with Gasteiger partial charge in [0.25, 0.3) is 0 Å². The van der Waals surface area contributed by atoms with Crippen LogP contribution in [0.25, 0.3) is 0 Å². The van der Waals surface area contributed by atoms with Crippen LogP contribution in [0.1, 0.15) is 1.43 Å². The van der Waals surface area contributed by atoms with E-state index in [-0.39, 0.29) is 52.8 Å². The van der Waals surface area contributed by atoms with E-state index in [0.29, 0.717) is 0 Å². The molecule has 2 heteroatoms. The van der Waals surface area contributed by atoms with Crippen molar-refractivity contribution in [2.75, 3.05) is 13.1 Å². The van der Waals surface area contributed by atoms with Crippen LogP contribution in [0.4, 0.5) is 0 Å². The van der Waals surface area contributed by atoms with Gasteiger partial charge in [0, 0.05) is 13.1 Å². The quantitative estimate of drug-likeness (QED) is 0.240. The molecule has 0 spiro atoms. The predicted octanol–water partition coefficient (Wildman–Crippen LogP) is -3.29. The number of rotatable bonds is 0. The molecule has 0 bridgehead atoms. The average molecular weight is 83.2 g/mol. The standard InChI is InChI=1S/C2H5N.K.H/c1-2-3-1;;/h3H,1-2H2;;/q;+1;-1. The molecule has 1 aliphatic heterocycles. The molecule has 1 rings (SSSR count). The number of hydrogen-bond donors (Lipinski definition) is 1. The maximum Gasteiger partial charge on any atom is 1.00 e. The van der Waals surface area contributed by atoms with E-state index in [1.54, 1.807) is 0 Å². The first kappa shape index (κ1) is 5.60. The fourth-order valence-electron chi connectivity index (χ4n) is 0. The molecule has 1 nitrogen and oxygen atoms in total. The molecule has 0 atom stereocenters. The maximum absolute atomic E-state index is 3.00. The van der Waals surface area contributed by atoms with Gasteiger partial charge in [0.05, 0.1) is 0 Å². The molecule has 1 heterocycles. The van der Waals surface area contributed by atoms with Crippen LogP contribution in [-0.4, -0.2) is 13.1 Å². The van der Waals surface area contributed by atoms with Crippen LogP contribution in [0.3, 0.4) is 0 Å². The third-order valence-electron chi connectivity index (χ3n) is 0.250. The molecule has 0 radical (unpaired) electrons. The fraction of sp³-hybridized carbons (Fsp3) is 1.00. The Morgan fingerprint density at radius 3 is 1.75 bits per heavy atom. The van der Waals surface area contributed by atoms with Gasteiger partial charge in [-0.1, -0.05) is 0 Å². The normalized spacial score (nSPS) is 18.0. The second-order valence-electron chi connectivity index (χ2n) is 0.750. The Bertz CT molecular complexity index is 14.4. The molecule has 0 aromatic carbocycles. The largest absolute Gasteiger partial charge is 1.00 e. The average Bonchev–Trinajstić information content (AvgIpc) is 1.46. The zero-order valence-electron chi connectivity index (χ0n) is 3.91. The summed E-state index contributed by atoms with van der Waals surface area (Å²) in [6.07, 6.45) is 0. The summed E-state index contributed by atoms with van der Waals surface area (Å²) in [4.78, 5) is 0. The van der Waals surface area contributed by atoms with Gasteiger partial charge in [-0.3, -0.25) is 0 Å². The van der Waals surface area contributed by atoms with Crippen molar-refractivity contribution < 1.29 is 52.8 Å². The van der Waals surface area contributed by atoms with E-state index >= 15 is 0 Å². The van der Waals surface area contributed by atoms with E-state index in [2.05, 4.69) is 5.32 Å². The van der Waals surface area contributed by atoms with E-state index in [0.717, 1.165) is 0 Å². The number of hydrogen-bond acceptors (Lipinski definition) is 1. The van der Waals surface area contributed by atoms with Crippen molar-refractivity contribution in [1.82, 2.24) is 5.32 Å². The van der Waals surface area contributed by atoms with Crippen molar-refractivity contribution in [3.63, 3.8) is 0 Å². The van der Waals surface area contributed by atoms with Crippen LogP contribution in [0.15, 0.2) is 0 Å². The number of nitrogens with one attached hydrogen (secondary N) is 1. The molecule has 0 saturated carbocycles.